The van der Waals surface area contributed by atoms with Crippen LogP contribution in [0.2, 0.25) is 0 Å². The predicted octanol–water partition coefficient (Wildman–Crippen LogP) is 2.86. The molecule has 1 aromatic carbocycles. The zero-order chi connectivity index (χ0) is 16.2. The number of aromatic amines is 1. The lowest BCUT2D eigenvalue weighted by Crippen LogP contribution is -2.37. The fourth-order valence-electron chi connectivity index (χ4n) is 2.86. The molecule has 3 rings (SSSR count). The van der Waals surface area contributed by atoms with Crippen LogP contribution in [0.5, 0.6) is 0 Å². The van der Waals surface area contributed by atoms with E-state index in [1.807, 2.05) is 0 Å². The number of H-pyrrole nitrogens is 1. The normalized spacial score (nSPS) is 17.9. The molecule has 0 radical (unpaired) electrons. The SMILES string of the molecule is CN(CC1CCCCO1)C(=O)c1cn[nH]c1-c1cccc(F)c1. The molecule has 1 N–H and O–H groups in total. The molecule has 0 spiro atoms. The van der Waals surface area contributed by atoms with E-state index in [2.05, 4.69) is 10.2 Å². The molecule has 1 unspecified atom stereocenters. The third-order valence-corrected chi connectivity index (χ3v) is 4.08. The van der Waals surface area contributed by atoms with Gasteiger partial charge in [0.1, 0.15) is 5.82 Å². The first-order valence-electron chi connectivity index (χ1n) is 7.81. The summed E-state index contributed by atoms with van der Waals surface area (Å²) in [5, 5.41) is 6.75. The summed E-state index contributed by atoms with van der Waals surface area (Å²) in [7, 11) is 1.75. The van der Waals surface area contributed by atoms with Crippen molar-refractivity contribution < 1.29 is 13.9 Å². The van der Waals surface area contributed by atoms with E-state index in [1.54, 1.807) is 24.1 Å². The number of amides is 1. The van der Waals surface area contributed by atoms with Gasteiger partial charge in [0.25, 0.3) is 5.91 Å². The topological polar surface area (TPSA) is 58.2 Å². The number of benzene rings is 1. The number of rotatable bonds is 4. The molecular formula is C17H20FN3O2. The molecule has 1 saturated heterocycles. The van der Waals surface area contributed by atoms with Gasteiger partial charge < -0.3 is 9.64 Å². The van der Waals surface area contributed by atoms with Crippen LogP contribution in [-0.2, 0) is 4.74 Å². The van der Waals surface area contributed by atoms with Gasteiger partial charge >= 0.3 is 0 Å². The Morgan fingerprint density at radius 2 is 2.35 bits per heavy atom. The first-order valence-corrected chi connectivity index (χ1v) is 7.81. The minimum absolute atomic E-state index is 0.0854. The van der Waals surface area contributed by atoms with Gasteiger partial charge in [-0.15, -0.1) is 0 Å². The van der Waals surface area contributed by atoms with Gasteiger partial charge in [0.05, 0.1) is 23.6 Å². The first-order chi connectivity index (χ1) is 11.1. The molecule has 1 aromatic heterocycles. The van der Waals surface area contributed by atoms with Crippen molar-refractivity contribution in [3.05, 3.63) is 41.8 Å². The Kier molecular flexibility index (Phi) is 4.71. The van der Waals surface area contributed by atoms with Crippen molar-refractivity contribution in [3.8, 4) is 11.3 Å². The Balaban J connectivity index is 1.76. The van der Waals surface area contributed by atoms with Crippen LogP contribution in [0, 0.1) is 5.82 Å². The highest BCUT2D eigenvalue weighted by Crippen LogP contribution is 2.23. The lowest BCUT2D eigenvalue weighted by Gasteiger charge is -2.27. The molecule has 23 heavy (non-hydrogen) atoms. The fourth-order valence-corrected chi connectivity index (χ4v) is 2.86. The number of likely N-dealkylation sites (N-methyl/N-ethyl adjacent to an activating group) is 1. The van der Waals surface area contributed by atoms with Crippen LogP contribution in [-0.4, -0.2) is 47.3 Å². The summed E-state index contributed by atoms with van der Waals surface area (Å²) in [6.45, 7) is 1.31. The van der Waals surface area contributed by atoms with Crippen LogP contribution in [0.4, 0.5) is 4.39 Å². The lowest BCUT2D eigenvalue weighted by atomic mass is 10.1. The third kappa shape index (κ3) is 3.59. The molecule has 0 aliphatic carbocycles. The van der Waals surface area contributed by atoms with E-state index in [-0.39, 0.29) is 17.8 Å². The molecule has 122 valence electrons. The molecule has 5 nitrogen and oxygen atoms in total. The Bertz CT molecular complexity index is 680. The van der Waals surface area contributed by atoms with Gasteiger partial charge in [0.15, 0.2) is 0 Å². The molecule has 6 heteroatoms. The van der Waals surface area contributed by atoms with Gasteiger partial charge in [-0.25, -0.2) is 4.39 Å². The maximum absolute atomic E-state index is 13.4. The van der Waals surface area contributed by atoms with Crippen LogP contribution >= 0.6 is 0 Å². The second-order valence-corrected chi connectivity index (χ2v) is 5.84. The summed E-state index contributed by atoms with van der Waals surface area (Å²) in [4.78, 5) is 14.3. The quantitative estimate of drug-likeness (QED) is 0.943. The van der Waals surface area contributed by atoms with Crippen molar-refractivity contribution >= 4 is 5.91 Å². The summed E-state index contributed by atoms with van der Waals surface area (Å²) in [6.07, 6.45) is 4.76. The second-order valence-electron chi connectivity index (χ2n) is 5.84. The Morgan fingerprint density at radius 1 is 1.48 bits per heavy atom. The molecule has 2 aromatic rings. The molecule has 1 amide bonds. The zero-order valence-electron chi connectivity index (χ0n) is 13.1. The number of carbonyl (C=O) groups excluding carboxylic acids is 1. The smallest absolute Gasteiger partial charge is 0.257 e. The Labute approximate surface area is 134 Å². The molecule has 1 aliphatic rings. The van der Waals surface area contributed by atoms with Crippen LogP contribution < -0.4 is 0 Å². The summed E-state index contributed by atoms with van der Waals surface area (Å²) >= 11 is 0. The van der Waals surface area contributed by atoms with Crippen molar-refractivity contribution in [1.29, 1.82) is 0 Å². The fraction of sp³-hybridized carbons (Fsp3) is 0.412. The van der Waals surface area contributed by atoms with E-state index in [9.17, 15) is 9.18 Å². The highest BCUT2D eigenvalue weighted by Gasteiger charge is 2.23. The first kappa shape index (κ1) is 15.7. The number of carbonyl (C=O) groups is 1. The summed E-state index contributed by atoms with van der Waals surface area (Å²) in [6, 6.07) is 6.11. The standard InChI is InChI=1S/C17H20FN3O2/c1-21(11-14-7-2-3-8-23-14)17(22)15-10-19-20-16(15)12-5-4-6-13(18)9-12/h4-6,9-10,14H,2-3,7-8,11H2,1H3,(H,19,20). The van der Waals surface area contributed by atoms with Gasteiger partial charge in [-0.3, -0.25) is 9.89 Å². The number of aromatic nitrogens is 2. The molecule has 0 saturated carbocycles. The number of nitrogens with zero attached hydrogens (tertiary/aromatic N) is 2. The maximum Gasteiger partial charge on any atom is 0.257 e. The van der Waals surface area contributed by atoms with E-state index >= 15 is 0 Å². The van der Waals surface area contributed by atoms with Crippen molar-refractivity contribution in [3.63, 3.8) is 0 Å². The summed E-state index contributed by atoms with van der Waals surface area (Å²) in [5.74, 6) is -0.494. The van der Waals surface area contributed by atoms with E-state index in [0.29, 0.717) is 23.4 Å². The average molecular weight is 317 g/mol. The predicted molar refractivity (Wildman–Crippen MR) is 84.5 cm³/mol. The number of hydrogen-bond donors (Lipinski definition) is 1. The number of halogens is 1. The highest BCUT2D eigenvalue weighted by atomic mass is 19.1. The van der Waals surface area contributed by atoms with Crippen molar-refractivity contribution in [2.24, 2.45) is 0 Å². The lowest BCUT2D eigenvalue weighted by molar-refractivity contribution is -0.000173. The maximum atomic E-state index is 13.4. The van der Waals surface area contributed by atoms with Gasteiger partial charge in [-0.1, -0.05) is 12.1 Å². The zero-order valence-corrected chi connectivity index (χ0v) is 13.1. The largest absolute Gasteiger partial charge is 0.376 e. The monoisotopic (exact) mass is 317 g/mol. The molecule has 2 heterocycles. The van der Waals surface area contributed by atoms with Crippen LogP contribution in [0.15, 0.2) is 30.5 Å². The molecule has 1 atom stereocenters. The van der Waals surface area contributed by atoms with Crippen LogP contribution in [0.25, 0.3) is 11.3 Å². The number of hydrogen-bond acceptors (Lipinski definition) is 3. The van der Waals surface area contributed by atoms with Crippen LogP contribution in [0.1, 0.15) is 29.6 Å². The minimum Gasteiger partial charge on any atom is -0.376 e. The highest BCUT2D eigenvalue weighted by molar-refractivity contribution is 5.99. The average Bonchev–Trinajstić information content (AvgIpc) is 3.04. The third-order valence-electron chi connectivity index (χ3n) is 4.08. The summed E-state index contributed by atoms with van der Waals surface area (Å²) < 4.78 is 19.1. The van der Waals surface area contributed by atoms with E-state index in [0.717, 1.165) is 25.9 Å². The van der Waals surface area contributed by atoms with Gasteiger partial charge in [-0.2, -0.15) is 5.10 Å². The number of ether oxygens (including phenoxy) is 1. The summed E-state index contributed by atoms with van der Waals surface area (Å²) in [5.41, 5.74) is 1.58. The molecule has 0 bridgehead atoms. The van der Waals surface area contributed by atoms with E-state index in [1.165, 1.54) is 18.3 Å². The second kappa shape index (κ2) is 6.91. The van der Waals surface area contributed by atoms with E-state index < -0.39 is 0 Å². The minimum atomic E-state index is -0.348. The molecule has 1 aliphatic heterocycles. The van der Waals surface area contributed by atoms with Crippen LogP contribution in [0.3, 0.4) is 0 Å². The Hall–Kier alpha value is -2.21. The van der Waals surface area contributed by atoms with Crippen molar-refractivity contribution in [2.45, 2.75) is 25.4 Å². The molecular weight excluding hydrogens is 297 g/mol. The van der Waals surface area contributed by atoms with Crippen molar-refractivity contribution in [1.82, 2.24) is 15.1 Å². The van der Waals surface area contributed by atoms with Crippen molar-refractivity contribution in [2.75, 3.05) is 20.2 Å². The Morgan fingerprint density at radius 3 is 3.09 bits per heavy atom. The van der Waals surface area contributed by atoms with E-state index in [4.69, 9.17) is 4.74 Å². The number of nitrogens with one attached hydrogen (secondary N) is 1. The van der Waals surface area contributed by atoms with Gasteiger partial charge in [0, 0.05) is 25.8 Å². The molecule has 1 fully saturated rings. The van der Waals surface area contributed by atoms with Gasteiger partial charge in [0.2, 0.25) is 0 Å². The van der Waals surface area contributed by atoms with Gasteiger partial charge in [-0.05, 0) is 31.4 Å².